The number of nitrogens with zero attached hydrogens (tertiary/aromatic N) is 1. The second kappa shape index (κ2) is 6.56. The lowest BCUT2D eigenvalue weighted by molar-refractivity contribution is -0.167. The van der Waals surface area contributed by atoms with Crippen molar-refractivity contribution in [2.45, 2.75) is 19.2 Å². The summed E-state index contributed by atoms with van der Waals surface area (Å²) in [7, 11) is 1.30. The number of halogens is 3. The fraction of sp³-hybridized carbons (Fsp3) is 0.462. The smallest absolute Gasteiger partial charge is 0.367 e. The molecule has 6 heteroatoms. The number of likely N-dealkylation sites (N-methyl/N-ethyl adjacent to an activating group) is 1. The van der Waals surface area contributed by atoms with E-state index in [1.54, 1.807) is 30.3 Å². The van der Waals surface area contributed by atoms with E-state index in [-0.39, 0.29) is 6.54 Å². The Bertz CT molecular complexity index is 406. The van der Waals surface area contributed by atoms with Crippen molar-refractivity contribution in [3.8, 4) is 0 Å². The molecule has 0 heterocycles. The van der Waals surface area contributed by atoms with Crippen molar-refractivity contribution in [2.75, 3.05) is 20.2 Å². The van der Waals surface area contributed by atoms with Crippen LogP contribution in [0.4, 0.5) is 13.2 Å². The van der Waals surface area contributed by atoms with Gasteiger partial charge < -0.3 is 9.64 Å². The summed E-state index contributed by atoms with van der Waals surface area (Å²) in [6.07, 6.45) is -5.43. The van der Waals surface area contributed by atoms with Gasteiger partial charge >= 0.3 is 6.18 Å². The first-order valence-corrected chi connectivity index (χ1v) is 5.82. The quantitative estimate of drug-likeness (QED) is 0.827. The van der Waals surface area contributed by atoms with E-state index in [4.69, 9.17) is 4.74 Å². The molecule has 1 amide bonds. The highest BCUT2D eigenvalue weighted by Gasteiger charge is 2.35. The van der Waals surface area contributed by atoms with Gasteiger partial charge in [0, 0.05) is 13.7 Å². The predicted molar refractivity (Wildman–Crippen MR) is 64.5 cm³/mol. The zero-order valence-corrected chi connectivity index (χ0v) is 10.8. The minimum Gasteiger partial charge on any atom is -0.367 e. The van der Waals surface area contributed by atoms with Crippen molar-refractivity contribution < 1.29 is 22.7 Å². The molecule has 0 N–H and O–H groups in total. The fourth-order valence-electron chi connectivity index (χ4n) is 1.74. The number of hydrogen-bond acceptors (Lipinski definition) is 2. The Hall–Kier alpha value is -1.56. The Balaban J connectivity index is 2.88. The third-order valence-corrected chi connectivity index (χ3v) is 2.63. The topological polar surface area (TPSA) is 29.5 Å². The molecule has 1 atom stereocenters. The first kappa shape index (κ1) is 15.5. The standard InChI is InChI=1S/C13H16F3NO2/c1-3-17(9-13(14,15)16)12(18)11(19-2)10-7-5-4-6-8-10/h4-8,11H,3,9H2,1-2H3/t11-/m0/s1. The Kier molecular flexibility index (Phi) is 5.35. The largest absolute Gasteiger partial charge is 0.406 e. The van der Waals surface area contributed by atoms with Crippen LogP contribution < -0.4 is 0 Å². The average molecular weight is 275 g/mol. The van der Waals surface area contributed by atoms with E-state index >= 15 is 0 Å². The molecule has 1 rings (SSSR count). The molecule has 0 saturated heterocycles. The van der Waals surface area contributed by atoms with Crippen LogP contribution in [-0.4, -0.2) is 37.2 Å². The summed E-state index contributed by atoms with van der Waals surface area (Å²) in [6, 6.07) is 8.46. The second-order valence-electron chi connectivity index (χ2n) is 3.99. The van der Waals surface area contributed by atoms with Crippen LogP contribution in [0.15, 0.2) is 30.3 Å². The maximum Gasteiger partial charge on any atom is 0.406 e. The van der Waals surface area contributed by atoms with Crippen molar-refractivity contribution >= 4 is 5.91 Å². The van der Waals surface area contributed by atoms with E-state index in [0.717, 1.165) is 4.90 Å². The van der Waals surface area contributed by atoms with Crippen LogP contribution in [0.3, 0.4) is 0 Å². The van der Waals surface area contributed by atoms with Gasteiger partial charge in [-0.3, -0.25) is 4.79 Å². The van der Waals surface area contributed by atoms with Gasteiger partial charge in [0.1, 0.15) is 6.54 Å². The molecule has 0 aliphatic carbocycles. The van der Waals surface area contributed by atoms with Gasteiger partial charge in [-0.25, -0.2) is 0 Å². The van der Waals surface area contributed by atoms with Gasteiger partial charge in [0.2, 0.25) is 0 Å². The lowest BCUT2D eigenvalue weighted by Gasteiger charge is -2.26. The van der Waals surface area contributed by atoms with Crippen molar-refractivity contribution in [2.24, 2.45) is 0 Å². The number of ether oxygens (including phenoxy) is 1. The maximum atomic E-state index is 12.4. The van der Waals surface area contributed by atoms with E-state index in [2.05, 4.69) is 0 Å². The summed E-state index contributed by atoms with van der Waals surface area (Å²) >= 11 is 0. The molecule has 1 aromatic rings. The highest BCUT2D eigenvalue weighted by atomic mass is 19.4. The summed E-state index contributed by atoms with van der Waals surface area (Å²) < 4.78 is 42.2. The summed E-state index contributed by atoms with van der Waals surface area (Å²) in [6.45, 7) is 0.210. The molecule has 19 heavy (non-hydrogen) atoms. The minimum absolute atomic E-state index is 0.0228. The van der Waals surface area contributed by atoms with E-state index in [9.17, 15) is 18.0 Å². The van der Waals surface area contributed by atoms with Gasteiger partial charge in [-0.1, -0.05) is 30.3 Å². The molecule has 0 fully saturated rings. The average Bonchev–Trinajstić information content (AvgIpc) is 2.37. The Labute approximate surface area is 110 Å². The van der Waals surface area contributed by atoms with Gasteiger partial charge in [-0.05, 0) is 12.5 Å². The number of amides is 1. The normalized spacial score (nSPS) is 13.1. The van der Waals surface area contributed by atoms with Crippen molar-refractivity contribution in [1.82, 2.24) is 4.90 Å². The number of benzene rings is 1. The lowest BCUT2D eigenvalue weighted by atomic mass is 10.1. The van der Waals surface area contributed by atoms with Gasteiger partial charge in [0.15, 0.2) is 6.10 Å². The third kappa shape index (κ3) is 4.55. The molecule has 1 aromatic carbocycles. The molecule has 0 radical (unpaired) electrons. The summed E-state index contributed by atoms with van der Waals surface area (Å²) in [4.78, 5) is 12.8. The van der Waals surface area contributed by atoms with Gasteiger partial charge in [-0.2, -0.15) is 13.2 Å². The molecule has 0 aromatic heterocycles. The van der Waals surface area contributed by atoms with Crippen molar-refractivity contribution in [1.29, 1.82) is 0 Å². The van der Waals surface area contributed by atoms with Gasteiger partial charge in [0.05, 0.1) is 0 Å². The van der Waals surface area contributed by atoms with Crippen LogP contribution >= 0.6 is 0 Å². The molecule has 0 saturated carbocycles. The Morgan fingerprint density at radius 3 is 2.32 bits per heavy atom. The highest BCUT2D eigenvalue weighted by molar-refractivity contribution is 5.82. The summed E-state index contributed by atoms with van der Waals surface area (Å²) in [5.74, 6) is -0.687. The van der Waals surface area contributed by atoms with E-state index in [1.807, 2.05) is 0 Å². The number of methoxy groups -OCH3 is 1. The first-order valence-electron chi connectivity index (χ1n) is 5.82. The lowest BCUT2D eigenvalue weighted by Crippen LogP contribution is -2.41. The highest BCUT2D eigenvalue weighted by Crippen LogP contribution is 2.22. The SMILES string of the molecule is CCN(CC(F)(F)F)C(=O)[C@@H](OC)c1ccccc1. The number of hydrogen-bond donors (Lipinski definition) is 0. The first-order chi connectivity index (χ1) is 8.89. The molecule has 0 aliphatic heterocycles. The molecule has 0 bridgehead atoms. The fourth-order valence-corrected chi connectivity index (χ4v) is 1.74. The van der Waals surface area contributed by atoms with Crippen LogP contribution in [0.1, 0.15) is 18.6 Å². The van der Waals surface area contributed by atoms with Crippen molar-refractivity contribution in [3.63, 3.8) is 0 Å². The number of carbonyl (C=O) groups is 1. The Morgan fingerprint density at radius 1 is 1.32 bits per heavy atom. The number of carbonyl (C=O) groups excluding carboxylic acids is 1. The van der Waals surface area contributed by atoms with Gasteiger partial charge in [-0.15, -0.1) is 0 Å². The van der Waals surface area contributed by atoms with Crippen LogP contribution in [0, 0.1) is 0 Å². The van der Waals surface area contributed by atoms with E-state index < -0.39 is 24.7 Å². The summed E-state index contributed by atoms with van der Waals surface area (Å²) in [5.41, 5.74) is 0.538. The minimum atomic E-state index is -4.42. The summed E-state index contributed by atoms with van der Waals surface area (Å²) in [5, 5.41) is 0. The number of rotatable bonds is 5. The van der Waals surface area contributed by atoms with Crippen molar-refractivity contribution in [3.05, 3.63) is 35.9 Å². The Morgan fingerprint density at radius 2 is 1.89 bits per heavy atom. The third-order valence-electron chi connectivity index (χ3n) is 2.63. The maximum absolute atomic E-state index is 12.4. The molecular weight excluding hydrogens is 259 g/mol. The van der Waals surface area contributed by atoms with Crippen LogP contribution in [0.5, 0.6) is 0 Å². The van der Waals surface area contributed by atoms with Crippen LogP contribution in [0.25, 0.3) is 0 Å². The van der Waals surface area contributed by atoms with Crippen LogP contribution in [0.2, 0.25) is 0 Å². The molecular formula is C13H16F3NO2. The van der Waals surface area contributed by atoms with E-state index in [1.165, 1.54) is 14.0 Å². The zero-order chi connectivity index (χ0) is 14.5. The molecule has 3 nitrogen and oxygen atoms in total. The van der Waals surface area contributed by atoms with Crippen LogP contribution in [-0.2, 0) is 9.53 Å². The number of alkyl halides is 3. The second-order valence-corrected chi connectivity index (χ2v) is 3.99. The predicted octanol–water partition coefficient (Wildman–Crippen LogP) is 2.78. The zero-order valence-electron chi connectivity index (χ0n) is 10.8. The van der Waals surface area contributed by atoms with Gasteiger partial charge in [0.25, 0.3) is 5.91 Å². The monoisotopic (exact) mass is 275 g/mol. The molecule has 0 unspecified atom stereocenters. The molecule has 106 valence electrons. The van der Waals surface area contributed by atoms with E-state index in [0.29, 0.717) is 5.56 Å². The molecule has 0 aliphatic rings. The molecule has 0 spiro atoms.